The molecule has 0 aliphatic heterocycles. The molecule has 0 radical (unpaired) electrons. The Morgan fingerprint density at radius 2 is 1.23 bits per heavy atom. The first-order valence-corrected chi connectivity index (χ1v) is 6.54. The molecule has 0 aliphatic carbocycles. The van der Waals surface area contributed by atoms with Gasteiger partial charge in [-0.05, 0) is 29.8 Å². The van der Waals surface area contributed by atoms with Crippen LogP contribution in [0.4, 0.5) is 11.4 Å². The van der Waals surface area contributed by atoms with Gasteiger partial charge < -0.3 is 0 Å². The summed E-state index contributed by atoms with van der Waals surface area (Å²) in [6.45, 7) is 0. The number of hydrogen-bond donors (Lipinski definition) is 0. The second-order valence-corrected chi connectivity index (χ2v) is 4.47. The highest BCUT2D eigenvalue weighted by molar-refractivity contribution is 5.43. The minimum atomic E-state index is -0.984. The summed E-state index contributed by atoms with van der Waals surface area (Å²) in [6.07, 6.45) is 0. The van der Waals surface area contributed by atoms with Crippen molar-refractivity contribution in [2.75, 3.05) is 0 Å². The first-order valence-electron chi connectivity index (χ1n) is 6.54. The molecule has 0 aromatic heterocycles. The molecular formula is C17H11N5. The smallest absolute Gasteiger partial charge is 0.153 e. The van der Waals surface area contributed by atoms with E-state index in [2.05, 4.69) is 10.2 Å². The number of hydrogen-bond acceptors (Lipinski definition) is 5. The van der Waals surface area contributed by atoms with Crippen molar-refractivity contribution in [3.63, 3.8) is 0 Å². The van der Waals surface area contributed by atoms with E-state index in [4.69, 9.17) is 15.8 Å². The number of benzene rings is 2. The fourth-order valence-electron chi connectivity index (χ4n) is 1.88. The zero-order valence-electron chi connectivity index (χ0n) is 11.6. The third-order valence-electron chi connectivity index (χ3n) is 3.04. The van der Waals surface area contributed by atoms with Crippen molar-refractivity contribution >= 4 is 11.4 Å². The second kappa shape index (κ2) is 7.33. The average Bonchev–Trinajstić information content (AvgIpc) is 2.59. The summed E-state index contributed by atoms with van der Waals surface area (Å²) in [6, 6.07) is 21.8. The quantitative estimate of drug-likeness (QED) is 0.780. The summed E-state index contributed by atoms with van der Waals surface area (Å²) >= 11 is 0. The van der Waals surface area contributed by atoms with E-state index in [9.17, 15) is 0 Å². The van der Waals surface area contributed by atoms with Crippen LogP contribution in [0.2, 0.25) is 0 Å². The van der Waals surface area contributed by atoms with Crippen molar-refractivity contribution in [3.05, 3.63) is 60.2 Å². The largest absolute Gasteiger partial charge is 0.198 e. The monoisotopic (exact) mass is 285 g/mol. The molecule has 1 atom stereocenters. The molecule has 104 valence electrons. The summed E-state index contributed by atoms with van der Waals surface area (Å²) in [4.78, 5) is 0. The van der Waals surface area contributed by atoms with Crippen LogP contribution in [-0.2, 0) is 0 Å². The molecule has 2 aromatic carbocycles. The van der Waals surface area contributed by atoms with E-state index in [1.807, 2.05) is 48.5 Å². The Hall–Kier alpha value is -3.49. The minimum absolute atomic E-state index is 0.620. The van der Waals surface area contributed by atoms with Crippen LogP contribution in [-0.4, -0.2) is 0 Å². The molecule has 0 saturated carbocycles. The third-order valence-corrected chi connectivity index (χ3v) is 3.04. The Bertz CT molecular complexity index is 759. The summed E-state index contributed by atoms with van der Waals surface area (Å²) in [5.41, 5.74) is 2.00. The fourth-order valence-corrected chi connectivity index (χ4v) is 1.88. The van der Waals surface area contributed by atoms with E-state index in [0.29, 0.717) is 11.3 Å². The van der Waals surface area contributed by atoms with Crippen LogP contribution >= 0.6 is 0 Å². The molecule has 2 rings (SSSR count). The van der Waals surface area contributed by atoms with Crippen molar-refractivity contribution in [3.8, 4) is 18.2 Å². The van der Waals surface area contributed by atoms with Gasteiger partial charge in [-0.3, -0.25) is 0 Å². The molecule has 1 unspecified atom stereocenters. The summed E-state index contributed by atoms with van der Waals surface area (Å²) in [5, 5.41) is 35.1. The van der Waals surface area contributed by atoms with Gasteiger partial charge in [0.25, 0.3) is 0 Å². The molecule has 0 amide bonds. The van der Waals surface area contributed by atoms with Crippen LogP contribution in [0.5, 0.6) is 0 Å². The van der Waals surface area contributed by atoms with Crippen LogP contribution in [0.1, 0.15) is 11.5 Å². The number of nitrogens with zero attached hydrogens (tertiary/aromatic N) is 5. The first-order chi connectivity index (χ1) is 10.8. The van der Waals surface area contributed by atoms with Crippen LogP contribution < -0.4 is 0 Å². The highest BCUT2D eigenvalue weighted by atomic mass is 15.1. The lowest BCUT2D eigenvalue weighted by molar-refractivity contribution is 0.744. The molecule has 0 bridgehead atoms. The molecule has 5 nitrogen and oxygen atoms in total. The van der Waals surface area contributed by atoms with Crippen LogP contribution in [0, 0.1) is 39.9 Å². The van der Waals surface area contributed by atoms with Gasteiger partial charge in [-0.15, -0.1) is 0 Å². The van der Waals surface area contributed by atoms with Gasteiger partial charge in [-0.2, -0.15) is 26.0 Å². The predicted molar refractivity (Wildman–Crippen MR) is 80.1 cm³/mol. The maximum atomic E-state index is 9.14. The molecule has 0 fully saturated rings. The molecule has 0 aliphatic rings. The first kappa shape index (κ1) is 14.9. The average molecular weight is 285 g/mol. The number of nitriles is 3. The molecule has 22 heavy (non-hydrogen) atoms. The van der Waals surface area contributed by atoms with Crippen molar-refractivity contribution in [1.29, 1.82) is 15.8 Å². The van der Waals surface area contributed by atoms with E-state index in [0.717, 1.165) is 5.69 Å². The van der Waals surface area contributed by atoms with E-state index in [-0.39, 0.29) is 0 Å². The van der Waals surface area contributed by atoms with E-state index in [1.54, 1.807) is 24.3 Å². The number of azo groups is 1. The zero-order chi connectivity index (χ0) is 15.8. The molecular weight excluding hydrogens is 274 g/mol. The SMILES string of the molecule is N#CC(C#N)C(C#N)c1ccc(/N=N/c2ccccc2)cc1. The molecule has 0 saturated heterocycles. The molecule has 0 spiro atoms. The lowest BCUT2D eigenvalue weighted by Gasteiger charge is -2.09. The van der Waals surface area contributed by atoms with E-state index >= 15 is 0 Å². The Labute approximate surface area is 128 Å². The highest BCUT2D eigenvalue weighted by Gasteiger charge is 2.22. The van der Waals surface area contributed by atoms with Gasteiger partial charge in [-0.1, -0.05) is 30.3 Å². The standard InChI is InChI=1S/C17H11N5/c18-10-14(11-19)17(12-20)13-6-8-16(9-7-13)22-21-15-4-2-1-3-5-15/h1-9,14,17H/b22-21+. The van der Waals surface area contributed by atoms with Crippen LogP contribution in [0.3, 0.4) is 0 Å². The molecule has 2 aromatic rings. The molecule has 5 heteroatoms. The maximum absolute atomic E-state index is 9.14. The zero-order valence-corrected chi connectivity index (χ0v) is 11.6. The molecule has 0 heterocycles. The lowest BCUT2D eigenvalue weighted by Crippen LogP contribution is -2.07. The van der Waals surface area contributed by atoms with Crippen molar-refractivity contribution in [1.82, 2.24) is 0 Å². The third kappa shape index (κ3) is 3.54. The topological polar surface area (TPSA) is 96.1 Å². The second-order valence-electron chi connectivity index (χ2n) is 4.47. The maximum Gasteiger partial charge on any atom is 0.153 e. The Kier molecular flexibility index (Phi) is 4.97. The van der Waals surface area contributed by atoms with Crippen LogP contribution in [0.15, 0.2) is 64.8 Å². The number of rotatable bonds is 4. The summed E-state index contributed by atoms with van der Waals surface area (Å²) in [7, 11) is 0. The van der Waals surface area contributed by atoms with Gasteiger partial charge in [0.2, 0.25) is 0 Å². The predicted octanol–water partition coefficient (Wildman–Crippen LogP) is 4.37. The minimum Gasteiger partial charge on any atom is -0.198 e. The van der Waals surface area contributed by atoms with E-state index in [1.165, 1.54) is 0 Å². The van der Waals surface area contributed by atoms with E-state index < -0.39 is 11.8 Å². The van der Waals surface area contributed by atoms with Crippen molar-refractivity contribution in [2.24, 2.45) is 16.1 Å². The van der Waals surface area contributed by atoms with Crippen molar-refractivity contribution < 1.29 is 0 Å². The van der Waals surface area contributed by atoms with Gasteiger partial charge in [0.1, 0.15) is 5.92 Å². The molecule has 0 N–H and O–H groups in total. The van der Waals surface area contributed by atoms with Crippen molar-refractivity contribution in [2.45, 2.75) is 5.92 Å². The van der Waals surface area contributed by atoms with Gasteiger partial charge in [0.15, 0.2) is 5.92 Å². The highest BCUT2D eigenvalue weighted by Crippen LogP contribution is 2.26. The Balaban J connectivity index is 2.17. The van der Waals surface area contributed by atoms with Crippen LogP contribution in [0.25, 0.3) is 0 Å². The lowest BCUT2D eigenvalue weighted by atomic mass is 9.89. The Morgan fingerprint density at radius 1 is 0.682 bits per heavy atom. The van der Waals surface area contributed by atoms with Gasteiger partial charge in [-0.25, -0.2) is 0 Å². The fraction of sp³-hybridized carbons (Fsp3) is 0.118. The van der Waals surface area contributed by atoms with Gasteiger partial charge in [0, 0.05) is 0 Å². The summed E-state index contributed by atoms with van der Waals surface area (Å²) in [5.74, 6) is -1.75. The normalized spacial score (nSPS) is 11.5. The summed E-state index contributed by atoms with van der Waals surface area (Å²) < 4.78 is 0. The van der Waals surface area contributed by atoms with Gasteiger partial charge >= 0.3 is 0 Å². The Morgan fingerprint density at radius 3 is 1.73 bits per heavy atom. The van der Waals surface area contributed by atoms with Gasteiger partial charge in [0.05, 0.1) is 29.6 Å².